The van der Waals surface area contributed by atoms with E-state index in [0.717, 1.165) is 22.3 Å². The number of hydrogen-bond donors (Lipinski definition) is 1. The maximum atomic E-state index is 11.3. The van der Waals surface area contributed by atoms with E-state index in [1.54, 1.807) is 11.3 Å². The SMILES string of the molecule is CC/C(=C/CNCCc1ccc(Br)s1)C(=O)OC. The number of esters is 1. The van der Waals surface area contributed by atoms with Crippen LogP contribution in [0.25, 0.3) is 0 Å². The minimum Gasteiger partial charge on any atom is -0.466 e. The molecule has 0 saturated heterocycles. The van der Waals surface area contributed by atoms with E-state index in [-0.39, 0.29) is 5.97 Å². The molecule has 0 atom stereocenters. The van der Waals surface area contributed by atoms with Crippen molar-refractivity contribution in [1.82, 2.24) is 5.32 Å². The first-order valence-corrected chi connectivity index (χ1v) is 7.50. The Morgan fingerprint density at radius 2 is 2.33 bits per heavy atom. The molecule has 1 aromatic heterocycles. The molecular weight excluding hydrogens is 314 g/mol. The van der Waals surface area contributed by atoms with Gasteiger partial charge >= 0.3 is 5.97 Å². The number of halogens is 1. The molecule has 0 spiro atoms. The highest BCUT2D eigenvalue weighted by Crippen LogP contribution is 2.21. The molecule has 5 heteroatoms. The minimum atomic E-state index is -0.235. The maximum absolute atomic E-state index is 11.3. The van der Waals surface area contributed by atoms with Gasteiger partial charge in [0.15, 0.2) is 0 Å². The van der Waals surface area contributed by atoms with Gasteiger partial charge < -0.3 is 10.1 Å². The van der Waals surface area contributed by atoms with Crippen LogP contribution in [0.2, 0.25) is 0 Å². The average Bonchev–Trinajstić information content (AvgIpc) is 2.78. The summed E-state index contributed by atoms with van der Waals surface area (Å²) in [5, 5.41) is 3.29. The van der Waals surface area contributed by atoms with Gasteiger partial charge in [-0.2, -0.15) is 0 Å². The summed E-state index contributed by atoms with van der Waals surface area (Å²) in [5.74, 6) is -0.235. The summed E-state index contributed by atoms with van der Waals surface area (Å²) in [5.41, 5.74) is 0.726. The van der Waals surface area contributed by atoms with Crippen molar-refractivity contribution in [2.24, 2.45) is 0 Å². The van der Waals surface area contributed by atoms with Gasteiger partial charge in [-0.1, -0.05) is 13.0 Å². The zero-order valence-electron chi connectivity index (χ0n) is 10.7. The third-order valence-electron chi connectivity index (χ3n) is 2.50. The van der Waals surface area contributed by atoms with Gasteiger partial charge in [0.25, 0.3) is 0 Å². The fourth-order valence-electron chi connectivity index (χ4n) is 1.50. The predicted octanol–water partition coefficient (Wildman–Crippen LogP) is 3.15. The molecule has 0 aliphatic rings. The minimum absolute atomic E-state index is 0.235. The molecule has 1 N–H and O–H groups in total. The number of rotatable bonds is 7. The third kappa shape index (κ3) is 5.33. The van der Waals surface area contributed by atoms with Crippen molar-refractivity contribution in [3.05, 3.63) is 32.4 Å². The van der Waals surface area contributed by atoms with Crippen LogP contribution in [0.3, 0.4) is 0 Å². The molecule has 18 heavy (non-hydrogen) atoms. The normalized spacial score (nSPS) is 11.6. The molecule has 0 fully saturated rings. The van der Waals surface area contributed by atoms with Crippen LogP contribution in [0.15, 0.2) is 27.6 Å². The zero-order valence-corrected chi connectivity index (χ0v) is 13.1. The van der Waals surface area contributed by atoms with Crippen LogP contribution in [0.5, 0.6) is 0 Å². The molecule has 3 nitrogen and oxygen atoms in total. The number of ether oxygens (including phenoxy) is 1. The molecule has 0 unspecified atom stereocenters. The smallest absolute Gasteiger partial charge is 0.333 e. The Balaban J connectivity index is 2.25. The Labute approximate surface area is 120 Å². The number of hydrogen-bond acceptors (Lipinski definition) is 4. The second-order valence-corrected chi connectivity index (χ2v) is 6.28. The van der Waals surface area contributed by atoms with Crippen molar-refractivity contribution in [1.29, 1.82) is 0 Å². The molecule has 1 rings (SSSR count). The lowest BCUT2D eigenvalue weighted by molar-refractivity contribution is -0.136. The summed E-state index contributed by atoms with van der Waals surface area (Å²) in [6.45, 7) is 3.55. The van der Waals surface area contributed by atoms with Gasteiger partial charge in [0.05, 0.1) is 10.9 Å². The third-order valence-corrected chi connectivity index (χ3v) is 4.18. The van der Waals surface area contributed by atoms with E-state index >= 15 is 0 Å². The van der Waals surface area contributed by atoms with Gasteiger partial charge in [-0.3, -0.25) is 0 Å². The fraction of sp³-hybridized carbons (Fsp3) is 0.462. The molecule has 100 valence electrons. The summed E-state index contributed by atoms with van der Waals surface area (Å²) in [7, 11) is 1.41. The Bertz CT molecular complexity index is 415. The highest BCUT2D eigenvalue weighted by molar-refractivity contribution is 9.11. The highest BCUT2D eigenvalue weighted by atomic mass is 79.9. The van der Waals surface area contributed by atoms with E-state index in [9.17, 15) is 4.79 Å². The van der Waals surface area contributed by atoms with Crippen LogP contribution < -0.4 is 5.32 Å². The molecule has 1 aromatic rings. The summed E-state index contributed by atoms with van der Waals surface area (Å²) >= 11 is 5.20. The van der Waals surface area contributed by atoms with Crippen molar-refractivity contribution in [2.75, 3.05) is 20.2 Å². The van der Waals surface area contributed by atoms with E-state index in [0.29, 0.717) is 13.0 Å². The molecule has 1 heterocycles. The van der Waals surface area contributed by atoms with E-state index in [2.05, 4.69) is 33.4 Å². The van der Waals surface area contributed by atoms with Gasteiger partial charge in [0.2, 0.25) is 0 Å². The molecule has 0 aliphatic heterocycles. The lowest BCUT2D eigenvalue weighted by atomic mass is 10.2. The predicted molar refractivity (Wildman–Crippen MR) is 79.0 cm³/mol. The van der Waals surface area contributed by atoms with E-state index in [1.807, 2.05) is 13.0 Å². The van der Waals surface area contributed by atoms with Crippen molar-refractivity contribution in [2.45, 2.75) is 19.8 Å². The molecule has 0 radical (unpaired) electrons. The summed E-state index contributed by atoms with van der Waals surface area (Å²) in [6.07, 6.45) is 3.60. The van der Waals surface area contributed by atoms with Crippen LogP contribution in [-0.2, 0) is 16.0 Å². The van der Waals surface area contributed by atoms with E-state index in [4.69, 9.17) is 4.74 Å². The standard InChI is InChI=1S/C13H18BrNO2S/c1-3-10(13(16)17-2)6-8-15-9-7-11-4-5-12(14)18-11/h4-6,15H,3,7-9H2,1-2H3/b10-6-. The van der Waals surface area contributed by atoms with Crippen LogP contribution >= 0.6 is 27.3 Å². The molecule has 0 bridgehead atoms. The number of carbonyl (C=O) groups is 1. The maximum Gasteiger partial charge on any atom is 0.333 e. The van der Waals surface area contributed by atoms with Gasteiger partial charge in [0, 0.05) is 23.5 Å². The van der Waals surface area contributed by atoms with E-state index < -0.39 is 0 Å². The van der Waals surface area contributed by atoms with Gasteiger partial charge in [-0.15, -0.1) is 11.3 Å². The lowest BCUT2D eigenvalue weighted by Crippen LogP contribution is -2.18. The van der Waals surface area contributed by atoms with Crippen molar-refractivity contribution in [3.8, 4) is 0 Å². The van der Waals surface area contributed by atoms with Crippen molar-refractivity contribution >= 4 is 33.2 Å². The molecule has 0 aliphatic carbocycles. The second kappa shape index (κ2) is 8.45. The Morgan fingerprint density at radius 1 is 1.56 bits per heavy atom. The van der Waals surface area contributed by atoms with E-state index in [1.165, 1.54) is 12.0 Å². The Morgan fingerprint density at radius 3 is 2.89 bits per heavy atom. The van der Waals surface area contributed by atoms with Crippen LogP contribution in [0.1, 0.15) is 18.2 Å². The summed E-state index contributed by atoms with van der Waals surface area (Å²) in [4.78, 5) is 12.7. The van der Waals surface area contributed by atoms with Crippen molar-refractivity contribution in [3.63, 3.8) is 0 Å². The monoisotopic (exact) mass is 331 g/mol. The summed E-state index contributed by atoms with van der Waals surface area (Å²) in [6, 6.07) is 4.19. The van der Waals surface area contributed by atoms with Crippen molar-refractivity contribution < 1.29 is 9.53 Å². The number of carbonyl (C=O) groups excluding carboxylic acids is 1. The first kappa shape index (κ1) is 15.4. The molecule has 0 saturated carbocycles. The van der Waals surface area contributed by atoms with Crippen LogP contribution in [-0.4, -0.2) is 26.2 Å². The Hall–Kier alpha value is -0.650. The second-order valence-electron chi connectivity index (χ2n) is 3.73. The Kier molecular flexibility index (Phi) is 7.23. The van der Waals surface area contributed by atoms with Gasteiger partial charge in [0.1, 0.15) is 0 Å². The molecule has 0 amide bonds. The largest absolute Gasteiger partial charge is 0.466 e. The average molecular weight is 332 g/mol. The first-order chi connectivity index (χ1) is 8.67. The van der Waals surface area contributed by atoms with Crippen LogP contribution in [0.4, 0.5) is 0 Å². The first-order valence-electron chi connectivity index (χ1n) is 5.89. The topological polar surface area (TPSA) is 38.3 Å². The quantitative estimate of drug-likeness (QED) is 0.474. The number of methoxy groups -OCH3 is 1. The number of thiophene rings is 1. The van der Waals surface area contributed by atoms with Crippen LogP contribution in [0, 0.1) is 0 Å². The number of nitrogens with one attached hydrogen (secondary N) is 1. The zero-order chi connectivity index (χ0) is 13.4. The van der Waals surface area contributed by atoms with Gasteiger partial charge in [-0.25, -0.2) is 4.79 Å². The lowest BCUT2D eigenvalue weighted by Gasteiger charge is -2.03. The molecule has 0 aromatic carbocycles. The molecular formula is C13H18BrNO2S. The summed E-state index contributed by atoms with van der Waals surface area (Å²) < 4.78 is 5.86. The fourth-order valence-corrected chi connectivity index (χ4v) is 2.98. The van der Waals surface area contributed by atoms with Gasteiger partial charge in [-0.05, 0) is 40.9 Å². The highest BCUT2D eigenvalue weighted by Gasteiger charge is 2.05.